The smallest absolute Gasteiger partial charge is 0.276 e. The lowest BCUT2D eigenvalue weighted by Crippen LogP contribution is -2.45. The van der Waals surface area contributed by atoms with E-state index in [2.05, 4.69) is 16.2 Å². The largest absolute Gasteiger partial charge is 0.482 e. The number of aryl methyl sites for hydroxylation is 1. The Labute approximate surface area is 145 Å². The number of ether oxygens (including phenoxy) is 1. The highest BCUT2D eigenvalue weighted by Gasteiger charge is 2.05. The third-order valence-electron chi connectivity index (χ3n) is 2.82. The minimum absolute atomic E-state index is 0.177. The zero-order valence-corrected chi connectivity index (χ0v) is 14.0. The summed E-state index contributed by atoms with van der Waals surface area (Å²) < 4.78 is 5.31. The molecule has 0 fully saturated rings. The van der Waals surface area contributed by atoms with E-state index in [0.29, 0.717) is 10.8 Å². The second-order valence-corrected chi connectivity index (χ2v) is 5.53. The van der Waals surface area contributed by atoms with Gasteiger partial charge in [-0.1, -0.05) is 41.4 Å². The molecule has 1 amide bonds. The van der Waals surface area contributed by atoms with Crippen molar-refractivity contribution in [1.29, 1.82) is 0 Å². The SMILES string of the molecule is Cc1ccc(NC(=S)NNC(=O)COc2ccccc2Cl)cc1. The Bertz CT molecular complexity index is 692. The third-order valence-corrected chi connectivity index (χ3v) is 3.34. The molecule has 0 atom stereocenters. The molecule has 0 saturated carbocycles. The van der Waals surface area contributed by atoms with Crippen molar-refractivity contribution < 1.29 is 9.53 Å². The number of amides is 1. The van der Waals surface area contributed by atoms with Gasteiger partial charge in [0, 0.05) is 5.69 Å². The number of benzene rings is 2. The minimum atomic E-state index is -0.377. The summed E-state index contributed by atoms with van der Waals surface area (Å²) >= 11 is 11.0. The zero-order valence-electron chi connectivity index (χ0n) is 12.4. The molecular formula is C16H16ClN3O2S. The first kappa shape index (κ1) is 17.1. The fourth-order valence-corrected chi connectivity index (χ4v) is 2.03. The van der Waals surface area contributed by atoms with Crippen LogP contribution in [0.15, 0.2) is 48.5 Å². The quantitative estimate of drug-likeness (QED) is 0.585. The van der Waals surface area contributed by atoms with Crippen LogP contribution >= 0.6 is 23.8 Å². The summed E-state index contributed by atoms with van der Waals surface area (Å²) in [4.78, 5) is 11.7. The normalized spacial score (nSPS) is 9.83. The van der Waals surface area contributed by atoms with Crippen molar-refractivity contribution in [2.75, 3.05) is 11.9 Å². The van der Waals surface area contributed by atoms with Gasteiger partial charge in [-0.3, -0.25) is 15.6 Å². The number of hydrogen-bond acceptors (Lipinski definition) is 3. The van der Waals surface area contributed by atoms with Gasteiger partial charge in [-0.05, 0) is 43.4 Å². The molecule has 0 bridgehead atoms. The van der Waals surface area contributed by atoms with Gasteiger partial charge in [0.25, 0.3) is 5.91 Å². The Morgan fingerprint density at radius 3 is 2.52 bits per heavy atom. The second-order valence-electron chi connectivity index (χ2n) is 4.71. The fourth-order valence-electron chi connectivity index (χ4n) is 1.67. The summed E-state index contributed by atoms with van der Waals surface area (Å²) in [7, 11) is 0. The van der Waals surface area contributed by atoms with E-state index in [-0.39, 0.29) is 17.6 Å². The number of carbonyl (C=O) groups excluding carboxylic acids is 1. The monoisotopic (exact) mass is 349 g/mol. The molecule has 2 rings (SSSR count). The Balaban J connectivity index is 1.72. The molecule has 0 aliphatic rings. The zero-order chi connectivity index (χ0) is 16.7. The number of hydrogen-bond donors (Lipinski definition) is 3. The highest BCUT2D eigenvalue weighted by molar-refractivity contribution is 7.80. The Morgan fingerprint density at radius 2 is 1.83 bits per heavy atom. The van der Waals surface area contributed by atoms with Crippen LogP contribution in [0.3, 0.4) is 0 Å². The predicted molar refractivity (Wildman–Crippen MR) is 95.6 cm³/mol. The van der Waals surface area contributed by atoms with E-state index < -0.39 is 0 Å². The van der Waals surface area contributed by atoms with Gasteiger partial charge in [-0.2, -0.15) is 0 Å². The number of carbonyl (C=O) groups is 1. The molecule has 0 saturated heterocycles. The van der Waals surface area contributed by atoms with E-state index in [9.17, 15) is 4.79 Å². The van der Waals surface area contributed by atoms with Crippen molar-refractivity contribution in [3.05, 3.63) is 59.1 Å². The van der Waals surface area contributed by atoms with E-state index in [1.54, 1.807) is 24.3 Å². The number of thiocarbonyl (C=S) groups is 1. The van der Waals surface area contributed by atoms with Gasteiger partial charge < -0.3 is 10.1 Å². The first-order chi connectivity index (χ1) is 11.0. The molecule has 0 unspecified atom stereocenters. The summed E-state index contributed by atoms with van der Waals surface area (Å²) in [5, 5.41) is 3.68. The predicted octanol–water partition coefficient (Wildman–Crippen LogP) is 3.05. The van der Waals surface area contributed by atoms with Crippen molar-refractivity contribution in [3.63, 3.8) is 0 Å². The minimum Gasteiger partial charge on any atom is -0.482 e. The van der Waals surface area contributed by atoms with Crippen molar-refractivity contribution in [3.8, 4) is 5.75 Å². The van der Waals surface area contributed by atoms with Gasteiger partial charge in [0.15, 0.2) is 11.7 Å². The van der Waals surface area contributed by atoms with Crippen LogP contribution in [-0.4, -0.2) is 17.6 Å². The van der Waals surface area contributed by atoms with Crippen LogP contribution < -0.4 is 20.9 Å². The van der Waals surface area contributed by atoms with Crippen LogP contribution in [0.1, 0.15) is 5.56 Å². The van der Waals surface area contributed by atoms with Crippen molar-refractivity contribution in [1.82, 2.24) is 10.9 Å². The lowest BCUT2D eigenvalue weighted by atomic mass is 10.2. The van der Waals surface area contributed by atoms with Crippen LogP contribution in [0.2, 0.25) is 5.02 Å². The van der Waals surface area contributed by atoms with Gasteiger partial charge in [-0.15, -0.1) is 0 Å². The molecule has 7 heteroatoms. The van der Waals surface area contributed by atoms with Gasteiger partial charge in [0.2, 0.25) is 0 Å². The molecule has 0 aliphatic heterocycles. The highest BCUT2D eigenvalue weighted by Crippen LogP contribution is 2.22. The highest BCUT2D eigenvalue weighted by atomic mass is 35.5. The molecular weight excluding hydrogens is 334 g/mol. The number of rotatable bonds is 4. The number of nitrogens with one attached hydrogen (secondary N) is 3. The molecule has 0 heterocycles. The first-order valence-electron chi connectivity index (χ1n) is 6.84. The molecule has 2 aromatic carbocycles. The Hall–Kier alpha value is -2.31. The van der Waals surface area contributed by atoms with Crippen LogP contribution in [0.5, 0.6) is 5.75 Å². The number of hydrazine groups is 1. The number of para-hydroxylation sites is 1. The number of halogens is 1. The Morgan fingerprint density at radius 1 is 1.13 bits per heavy atom. The summed E-state index contributed by atoms with van der Waals surface area (Å²) in [6, 6.07) is 14.6. The average Bonchev–Trinajstić information content (AvgIpc) is 2.54. The fraction of sp³-hybridized carbons (Fsp3) is 0.125. The molecule has 0 aromatic heterocycles. The summed E-state index contributed by atoms with van der Waals surface area (Å²) in [5.41, 5.74) is 7.03. The lowest BCUT2D eigenvalue weighted by molar-refractivity contribution is -0.123. The third kappa shape index (κ3) is 5.77. The van der Waals surface area contributed by atoms with Gasteiger partial charge in [-0.25, -0.2) is 0 Å². The van der Waals surface area contributed by atoms with E-state index in [0.717, 1.165) is 11.3 Å². The molecule has 3 N–H and O–H groups in total. The lowest BCUT2D eigenvalue weighted by Gasteiger charge is -2.12. The summed E-state index contributed by atoms with van der Waals surface area (Å²) in [5.74, 6) is 0.0719. The van der Waals surface area contributed by atoms with E-state index in [4.69, 9.17) is 28.6 Å². The molecule has 5 nitrogen and oxygen atoms in total. The maximum Gasteiger partial charge on any atom is 0.276 e. The standard InChI is InChI=1S/C16H16ClN3O2S/c1-11-6-8-12(9-7-11)18-16(23)20-19-15(21)10-22-14-5-3-2-4-13(14)17/h2-9H,10H2,1H3,(H,19,21)(H2,18,20,23). The second kappa shape index (κ2) is 8.36. The number of anilines is 1. The van der Waals surface area contributed by atoms with E-state index >= 15 is 0 Å². The molecule has 0 radical (unpaired) electrons. The van der Waals surface area contributed by atoms with Gasteiger partial charge in [0.05, 0.1) is 5.02 Å². The molecule has 23 heavy (non-hydrogen) atoms. The molecule has 120 valence electrons. The van der Waals surface area contributed by atoms with Crippen LogP contribution in [0.4, 0.5) is 5.69 Å². The average molecular weight is 350 g/mol. The maximum absolute atomic E-state index is 11.7. The maximum atomic E-state index is 11.7. The Kier molecular flexibility index (Phi) is 6.19. The van der Waals surface area contributed by atoms with E-state index in [1.807, 2.05) is 31.2 Å². The van der Waals surface area contributed by atoms with E-state index in [1.165, 1.54) is 0 Å². The molecule has 2 aromatic rings. The molecule has 0 aliphatic carbocycles. The summed E-state index contributed by atoms with van der Waals surface area (Å²) in [6.07, 6.45) is 0. The van der Waals surface area contributed by atoms with Crippen LogP contribution in [0, 0.1) is 6.92 Å². The summed E-state index contributed by atoms with van der Waals surface area (Å²) in [6.45, 7) is 1.82. The topological polar surface area (TPSA) is 62.4 Å². The van der Waals surface area contributed by atoms with Crippen molar-refractivity contribution >= 4 is 40.5 Å². The van der Waals surface area contributed by atoms with Gasteiger partial charge in [0.1, 0.15) is 5.75 Å². The molecule has 0 spiro atoms. The van der Waals surface area contributed by atoms with Crippen molar-refractivity contribution in [2.45, 2.75) is 6.92 Å². The van der Waals surface area contributed by atoms with Crippen LogP contribution in [-0.2, 0) is 4.79 Å². The first-order valence-corrected chi connectivity index (χ1v) is 7.63. The van der Waals surface area contributed by atoms with Crippen LogP contribution in [0.25, 0.3) is 0 Å². The van der Waals surface area contributed by atoms with Gasteiger partial charge >= 0.3 is 0 Å². The van der Waals surface area contributed by atoms with Crippen molar-refractivity contribution in [2.24, 2.45) is 0 Å².